The summed E-state index contributed by atoms with van der Waals surface area (Å²) in [6, 6.07) is 3.62. The first-order valence-electron chi connectivity index (χ1n) is 9.20. The average molecular weight is 317 g/mol. The Morgan fingerprint density at radius 1 is 1.09 bits per heavy atom. The predicted molar refractivity (Wildman–Crippen MR) is 88.6 cm³/mol. The van der Waals surface area contributed by atoms with E-state index in [1.54, 1.807) is 10.7 Å². The lowest BCUT2D eigenvalue weighted by molar-refractivity contribution is 0.0579. The van der Waals surface area contributed by atoms with Crippen LogP contribution in [0.5, 0.6) is 0 Å². The van der Waals surface area contributed by atoms with Gasteiger partial charge in [0.1, 0.15) is 0 Å². The molecule has 23 heavy (non-hydrogen) atoms. The number of rotatable bonds is 5. The summed E-state index contributed by atoms with van der Waals surface area (Å²) in [6.07, 6.45) is 7.66. The van der Waals surface area contributed by atoms with Crippen molar-refractivity contribution in [1.29, 1.82) is 0 Å². The van der Waals surface area contributed by atoms with Crippen LogP contribution in [0.15, 0.2) is 16.9 Å². The Kier molecular flexibility index (Phi) is 4.49. The molecule has 5 heteroatoms. The van der Waals surface area contributed by atoms with Crippen molar-refractivity contribution in [3.8, 4) is 0 Å². The lowest BCUT2D eigenvalue weighted by Crippen LogP contribution is -2.40. The summed E-state index contributed by atoms with van der Waals surface area (Å²) in [4.78, 5) is 14.6. The van der Waals surface area contributed by atoms with Crippen molar-refractivity contribution in [2.45, 2.75) is 57.1 Å². The van der Waals surface area contributed by atoms with Gasteiger partial charge in [0.25, 0.3) is 5.56 Å². The van der Waals surface area contributed by atoms with Crippen molar-refractivity contribution in [3.63, 3.8) is 0 Å². The molecule has 1 aromatic rings. The molecule has 3 fully saturated rings. The summed E-state index contributed by atoms with van der Waals surface area (Å²) in [7, 11) is 0. The first-order valence-corrected chi connectivity index (χ1v) is 9.20. The predicted octanol–water partition coefficient (Wildman–Crippen LogP) is 2.01. The lowest BCUT2D eigenvalue weighted by atomic mass is 9.96. The zero-order chi connectivity index (χ0) is 15.6. The van der Waals surface area contributed by atoms with Gasteiger partial charge in [-0.2, -0.15) is 5.10 Å². The van der Waals surface area contributed by atoms with Gasteiger partial charge in [-0.3, -0.25) is 4.79 Å². The van der Waals surface area contributed by atoms with E-state index in [2.05, 4.69) is 10.00 Å². The van der Waals surface area contributed by atoms with E-state index in [9.17, 15) is 4.79 Å². The summed E-state index contributed by atoms with van der Waals surface area (Å²) < 4.78 is 7.45. The van der Waals surface area contributed by atoms with Crippen LogP contribution in [0, 0.1) is 5.92 Å². The molecule has 2 aliphatic heterocycles. The Balaban J connectivity index is 1.30. The number of nitrogens with zero attached hydrogens (tertiary/aromatic N) is 3. The molecule has 0 radical (unpaired) electrons. The smallest absolute Gasteiger partial charge is 0.266 e. The molecule has 3 aliphatic rings. The van der Waals surface area contributed by atoms with Crippen molar-refractivity contribution in [2.24, 2.45) is 5.92 Å². The number of ether oxygens (including phenoxy) is 1. The number of likely N-dealkylation sites (tertiary alicyclic amines) is 1. The van der Waals surface area contributed by atoms with Crippen LogP contribution in [0.1, 0.15) is 50.1 Å². The van der Waals surface area contributed by atoms with Gasteiger partial charge in [0.05, 0.1) is 11.8 Å². The highest BCUT2D eigenvalue weighted by Crippen LogP contribution is 2.38. The van der Waals surface area contributed by atoms with E-state index in [1.807, 2.05) is 6.07 Å². The van der Waals surface area contributed by atoms with Crippen LogP contribution < -0.4 is 5.56 Å². The molecule has 0 spiro atoms. The minimum Gasteiger partial charge on any atom is -0.377 e. The normalized spacial score (nSPS) is 26.7. The number of piperidine rings is 1. The maximum absolute atomic E-state index is 12.1. The van der Waals surface area contributed by atoms with Crippen molar-refractivity contribution in [1.82, 2.24) is 14.7 Å². The quantitative estimate of drug-likeness (QED) is 0.833. The molecule has 0 aromatic carbocycles. The maximum atomic E-state index is 12.1. The van der Waals surface area contributed by atoms with Crippen LogP contribution in [0.2, 0.25) is 0 Å². The summed E-state index contributed by atoms with van der Waals surface area (Å²) in [5.74, 6) is 1.19. The van der Waals surface area contributed by atoms with E-state index in [4.69, 9.17) is 4.74 Å². The lowest BCUT2D eigenvalue weighted by Gasteiger charge is -2.33. The van der Waals surface area contributed by atoms with Crippen molar-refractivity contribution in [2.75, 3.05) is 26.2 Å². The molecule has 5 nitrogen and oxygen atoms in total. The number of aromatic nitrogens is 2. The van der Waals surface area contributed by atoms with Gasteiger partial charge >= 0.3 is 0 Å². The highest BCUT2D eigenvalue weighted by molar-refractivity contribution is 5.12. The minimum atomic E-state index is 0.0520. The summed E-state index contributed by atoms with van der Waals surface area (Å²) in [5, 5.41) is 4.60. The van der Waals surface area contributed by atoms with E-state index in [0.29, 0.717) is 17.9 Å². The van der Waals surface area contributed by atoms with Gasteiger partial charge < -0.3 is 9.64 Å². The molecule has 126 valence electrons. The second-order valence-corrected chi connectivity index (χ2v) is 7.43. The van der Waals surface area contributed by atoms with E-state index >= 15 is 0 Å². The fourth-order valence-electron chi connectivity index (χ4n) is 3.86. The fraction of sp³-hybridized carbons (Fsp3) is 0.778. The first kappa shape index (κ1) is 15.3. The van der Waals surface area contributed by atoms with Crippen molar-refractivity contribution >= 4 is 0 Å². The Labute approximate surface area is 137 Å². The summed E-state index contributed by atoms with van der Waals surface area (Å²) in [6.45, 7) is 5.06. The van der Waals surface area contributed by atoms with Crippen LogP contribution in [0.3, 0.4) is 0 Å². The van der Waals surface area contributed by atoms with Crippen LogP contribution in [-0.2, 0) is 11.3 Å². The number of hydrogen-bond acceptors (Lipinski definition) is 4. The van der Waals surface area contributed by atoms with Gasteiger partial charge in [-0.15, -0.1) is 0 Å². The maximum Gasteiger partial charge on any atom is 0.266 e. The molecule has 0 bridgehead atoms. The van der Waals surface area contributed by atoms with Crippen molar-refractivity contribution < 1.29 is 4.74 Å². The Hall–Kier alpha value is -1.20. The van der Waals surface area contributed by atoms with E-state index in [1.165, 1.54) is 25.7 Å². The van der Waals surface area contributed by atoms with Gasteiger partial charge in [-0.25, -0.2) is 4.68 Å². The van der Waals surface area contributed by atoms with Crippen LogP contribution >= 0.6 is 0 Å². The second kappa shape index (κ2) is 6.73. The van der Waals surface area contributed by atoms with Gasteiger partial charge in [-0.05, 0) is 63.6 Å². The highest BCUT2D eigenvalue weighted by Gasteiger charge is 2.27. The molecule has 1 aromatic heterocycles. The monoisotopic (exact) mass is 317 g/mol. The molecule has 0 amide bonds. The van der Waals surface area contributed by atoms with Gasteiger partial charge in [0, 0.05) is 31.7 Å². The zero-order valence-electron chi connectivity index (χ0n) is 13.8. The third kappa shape index (κ3) is 3.83. The topological polar surface area (TPSA) is 47.4 Å². The molecule has 1 saturated carbocycles. The SMILES string of the molecule is O=c1ccc(C2CC2)nn1CC1CCN(CC2CCCO2)CC1. The van der Waals surface area contributed by atoms with E-state index in [-0.39, 0.29) is 5.56 Å². The van der Waals surface area contributed by atoms with Crippen LogP contribution in [0.25, 0.3) is 0 Å². The molecule has 1 aliphatic carbocycles. The van der Waals surface area contributed by atoms with Gasteiger partial charge in [0.15, 0.2) is 0 Å². The van der Waals surface area contributed by atoms with Crippen LogP contribution in [-0.4, -0.2) is 47.0 Å². The summed E-state index contributed by atoms with van der Waals surface area (Å²) >= 11 is 0. The second-order valence-electron chi connectivity index (χ2n) is 7.43. The van der Waals surface area contributed by atoms with Gasteiger partial charge in [-0.1, -0.05) is 0 Å². The molecule has 3 heterocycles. The Morgan fingerprint density at radius 2 is 1.91 bits per heavy atom. The minimum absolute atomic E-state index is 0.0520. The summed E-state index contributed by atoms with van der Waals surface area (Å²) in [5.41, 5.74) is 1.16. The largest absolute Gasteiger partial charge is 0.377 e. The van der Waals surface area contributed by atoms with Crippen molar-refractivity contribution in [3.05, 3.63) is 28.2 Å². The molecule has 0 N–H and O–H groups in total. The molecule has 1 atom stereocenters. The average Bonchev–Trinajstić information content (AvgIpc) is 3.29. The third-order valence-electron chi connectivity index (χ3n) is 5.51. The standard InChI is InChI=1S/C18H27N3O2/c22-18-6-5-17(15-3-4-15)19-21(18)12-14-7-9-20(10-8-14)13-16-2-1-11-23-16/h5-6,14-16H,1-4,7-13H2. The molecular weight excluding hydrogens is 290 g/mol. The zero-order valence-corrected chi connectivity index (χ0v) is 13.8. The Bertz CT molecular complexity index is 582. The number of hydrogen-bond donors (Lipinski definition) is 0. The molecule has 4 rings (SSSR count). The van der Waals surface area contributed by atoms with E-state index < -0.39 is 0 Å². The molecule has 2 saturated heterocycles. The van der Waals surface area contributed by atoms with E-state index in [0.717, 1.165) is 51.3 Å². The molecule has 1 unspecified atom stereocenters. The molecular formula is C18H27N3O2. The fourth-order valence-corrected chi connectivity index (χ4v) is 3.86. The van der Waals surface area contributed by atoms with Crippen LogP contribution in [0.4, 0.5) is 0 Å². The Morgan fingerprint density at radius 3 is 2.61 bits per heavy atom. The third-order valence-corrected chi connectivity index (χ3v) is 5.51. The van der Waals surface area contributed by atoms with Gasteiger partial charge in [0.2, 0.25) is 0 Å². The highest BCUT2D eigenvalue weighted by atomic mass is 16.5. The first-order chi connectivity index (χ1) is 11.3.